The summed E-state index contributed by atoms with van der Waals surface area (Å²) in [5.74, 6) is 0. The van der Waals surface area contributed by atoms with Gasteiger partial charge in [-0.1, -0.05) is 22.0 Å². The van der Waals surface area contributed by atoms with Gasteiger partial charge in [-0.15, -0.1) is 0 Å². The van der Waals surface area contributed by atoms with Crippen LogP contribution >= 0.6 is 15.9 Å². The van der Waals surface area contributed by atoms with Crippen LogP contribution in [0.1, 0.15) is 32.3 Å². The number of benzene rings is 1. The van der Waals surface area contributed by atoms with Gasteiger partial charge in [0.1, 0.15) is 0 Å². The van der Waals surface area contributed by atoms with E-state index in [1.807, 2.05) is 0 Å². The number of anilines is 1. The second-order valence-corrected chi connectivity index (χ2v) is 6.30. The molecule has 0 bridgehead atoms. The molecule has 1 fully saturated rings. The number of rotatable bonds is 7. The number of halogens is 1. The lowest BCUT2D eigenvalue weighted by molar-refractivity contribution is 0.299. The zero-order chi connectivity index (χ0) is 13.8. The van der Waals surface area contributed by atoms with E-state index in [0.29, 0.717) is 12.6 Å². The molecule has 2 rings (SSSR count). The number of aliphatic hydroxyl groups excluding tert-OH is 1. The molecule has 1 aromatic rings. The van der Waals surface area contributed by atoms with Crippen LogP contribution in [0.2, 0.25) is 0 Å². The molecule has 0 unspecified atom stereocenters. The Balaban J connectivity index is 2.06. The highest BCUT2D eigenvalue weighted by atomic mass is 79.9. The lowest BCUT2D eigenvalue weighted by Gasteiger charge is -2.28. The average Bonchev–Trinajstić information content (AvgIpc) is 3.18. The Bertz CT molecular complexity index is 419. The van der Waals surface area contributed by atoms with E-state index in [0.717, 1.165) is 22.7 Å². The standard InChI is InChI=1S/C15H23BrN2O/c1-11(2)18(7-8-19)14-6-3-12(15(16)9-14)10-17-13-4-5-13/h3,6,9,11,13,17,19H,4-5,7-8,10H2,1-2H3. The van der Waals surface area contributed by atoms with E-state index in [4.69, 9.17) is 5.11 Å². The van der Waals surface area contributed by atoms with Gasteiger partial charge in [-0.3, -0.25) is 0 Å². The third kappa shape index (κ3) is 4.20. The summed E-state index contributed by atoms with van der Waals surface area (Å²) < 4.78 is 1.14. The molecule has 0 heterocycles. The Morgan fingerprint density at radius 2 is 2.16 bits per heavy atom. The largest absolute Gasteiger partial charge is 0.395 e. The van der Waals surface area contributed by atoms with Crippen molar-refractivity contribution in [3.8, 4) is 0 Å². The number of hydrogen-bond acceptors (Lipinski definition) is 3. The van der Waals surface area contributed by atoms with Gasteiger partial charge in [0.15, 0.2) is 0 Å². The Morgan fingerprint density at radius 3 is 2.68 bits per heavy atom. The van der Waals surface area contributed by atoms with Crippen LogP contribution in [0.4, 0.5) is 5.69 Å². The molecule has 1 aromatic carbocycles. The summed E-state index contributed by atoms with van der Waals surface area (Å²) in [5, 5.41) is 12.7. The summed E-state index contributed by atoms with van der Waals surface area (Å²) in [6.45, 7) is 6.07. The van der Waals surface area contributed by atoms with Crippen molar-refractivity contribution in [2.24, 2.45) is 0 Å². The van der Waals surface area contributed by atoms with Crippen LogP contribution < -0.4 is 10.2 Å². The fraction of sp³-hybridized carbons (Fsp3) is 0.600. The lowest BCUT2D eigenvalue weighted by atomic mass is 10.1. The molecule has 1 saturated carbocycles. The van der Waals surface area contributed by atoms with E-state index in [1.54, 1.807) is 0 Å². The Hall–Kier alpha value is -0.580. The van der Waals surface area contributed by atoms with E-state index in [1.165, 1.54) is 18.4 Å². The maximum atomic E-state index is 9.16. The molecule has 3 nitrogen and oxygen atoms in total. The van der Waals surface area contributed by atoms with E-state index in [-0.39, 0.29) is 6.61 Å². The quantitative estimate of drug-likeness (QED) is 0.808. The van der Waals surface area contributed by atoms with Gasteiger partial charge in [-0.25, -0.2) is 0 Å². The molecule has 0 radical (unpaired) electrons. The van der Waals surface area contributed by atoms with Crippen molar-refractivity contribution in [3.63, 3.8) is 0 Å². The maximum Gasteiger partial charge on any atom is 0.0606 e. The van der Waals surface area contributed by atoms with Gasteiger partial charge >= 0.3 is 0 Å². The van der Waals surface area contributed by atoms with Crippen molar-refractivity contribution in [2.75, 3.05) is 18.1 Å². The highest BCUT2D eigenvalue weighted by Crippen LogP contribution is 2.26. The van der Waals surface area contributed by atoms with Gasteiger partial charge in [0.05, 0.1) is 6.61 Å². The SMILES string of the molecule is CC(C)N(CCO)c1ccc(CNC2CC2)c(Br)c1. The van der Waals surface area contributed by atoms with E-state index >= 15 is 0 Å². The number of nitrogens with one attached hydrogen (secondary N) is 1. The summed E-state index contributed by atoms with van der Waals surface area (Å²) in [6, 6.07) is 7.58. The van der Waals surface area contributed by atoms with Gasteiger partial charge < -0.3 is 15.3 Å². The molecular weight excluding hydrogens is 304 g/mol. The molecule has 0 saturated heterocycles. The zero-order valence-corrected chi connectivity index (χ0v) is 13.3. The van der Waals surface area contributed by atoms with Gasteiger partial charge in [0.2, 0.25) is 0 Å². The smallest absolute Gasteiger partial charge is 0.0606 e. The van der Waals surface area contributed by atoms with Crippen LogP contribution in [0.5, 0.6) is 0 Å². The number of nitrogens with zero attached hydrogens (tertiary/aromatic N) is 1. The molecular formula is C15H23BrN2O. The van der Waals surface area contributed by atoms with Gasteiger partial charge in [0, 0.05) is 35.3 Å². The van der Waals surface area contributed by atoms with Crippen molar-refractivity contribution in [1.29, 1.82) is 0 Å². The highest BCUT2D eigenvalue weighted by Gasteiger charge is 2.20. The molecule has 0 aromatic heterocycles. The fourth-order valence-corrected chi connectivity index (χ4v) is 2.70. The summed E-state index contributed by atoms with van der Waals surface area (Å²) in [4.78, 5) is 2.21. The first-order valence-electron chi connectivity index (χ1n) is 7.01. The van der Waals surface area contributed by atoms with E-state index in [9.17, 15) is 0 Å². The minimum absolute atomic E-state index is 0.181. The first kappa shape index (κ1) is 14.8. The molecule has 4 heteroatoms. The van der Waals surface area contributed by atoms with Crippen LogP contribution in [0, 0.1) is 0 Å². The topological polar surface area (TPSA) is 35.5 Å². The van der Waals surface area contributed by atoms with Crippen molar-refractivity contribution in [3.05, 3.63) is 28.2 Å². The normalized spacial score (nSPS) is 15.0. The second kappa shape index (κ2) is 6.73. The first-order valence-corrected chi connectivity index (χ1v) is 7.80. The van der Waals surface area contributed by atoms with Gasteiger partial charge in [-0.05, 0) is 44.4 Å². The van der Waals surface area contributed by atoms with Crippen molar-refractivity contribution < 1.29 is 5.11 Å². The summed E-state index contributed by atoms with van der Waals surface area (Å²) in [6.07, 6.45) is 2.63. The molecule has 2 N–H and O–H groups in total. The highest BCUT2D eigenvalue weighted by molar-refractivity contribution is 9.10. The van der Waals surface area contributed by atoms with Gasteiger partial charge in [-0.2, -0.15) is 0 Å². The van der Waals surface area contributed by atoms with Crippen molar-refractivity contribution in [2.45, 2.75) is 45.3 Å². The van der Waals surface area contributed by atoms with Gasteiger partial charge in [0.25, 0.3) is 0 Å². The van der Waals surface area contributed by atoms with E-state index < -0.39 is 0 Å². The number of aliphatic hydroxyl groups is 1. The summed E-state index contributed by atoms with van der Waals surface area (Å²) in [7, 11) is 0. The predicted octanol–water partition coefficient (Wildman–Crippen LogP) is 2.91. The lowest BCUT2D eigenvalue weighted by Crippen LogP contribution is -2.33. The minimum atomic E-state index is 0.181. The summed E-state index contributed by atoms with van der Waals surface area (Å²) >= 11 is 3.66. The molecule has 1 aliphatic carbocycles. The first-order chi connectivity index (χ1) is 9.11. The third-order valence-electron chi connectivity index (χ3n) is 3.49. The van der Waals surface area contributed by atoms with Crippen molar-refractivity contribution >= 4 is 21.6 Å². The molecule has 0 spiro atoms. The second-order valence-electron chi connectivity index (χ2n) is 5.44. The van der Waals surface area contributed by atoms with Crippen LogP contribution in [0.25, 0.3) is 0 Å². The van der Waals surface area contributed by atoms with E-state index in [2.05, 4.69) is 58.2 Å². The molecule has 19 heavy (non-hydrogen) atoms. The average molecular weight is 327 g/mol. The van der Waals surface area contributed by atoms with Crippen LogP contribution in [0.3, 0.4) is 0 Å². The Labute approximate surface area is 124 Å². The van der Waals surface area contributed by atoms with Crippen molar-refractivity contribution in [1.82, 2.24) is 5.32 Å². The van der Waals surface area contributed by atoms with Crippen LogP contribution in [-0.4, -0.2) is 30.3 Å². The zero-order valence-electron chi connectivity index (χ0n) is 11.7. The molecule has 0 amide bonds. The predicted molar refractivity (Wildman–Crippen MR) is 83.6 cm³/mol. The minimum Gasteiger partial charge on any atom is -0.395 e. The Kier molecular flexibility index (Phi) is 5.25. The Morgan fingerprint density at radius 1 is 1.42 bits per heavy atom. The van der Waals surface area contributed by atoms with Crippen LogP contribution in [0.15, 0.2) is 22.7 Å². The number of hydrogen-bond donors (Lipinski definition) is 2. The molecule has 1 aliphatic rings. The third-order valence-corrected chi connectivity index (χ3v) is 4.23. The molecule has 0 aliphatic heterocycles. The molecule has 0 atom stereocenters. The monoisotopic (exact) mass is 326 g/mol. The summed E-state index contributed by atoms with van der Waals surface area (Å²) in [5.41, 5.74) is 2.45. The maximum absolute atomic E-state index is 9.16. The molecule has 106 valence electrons. The van der Waals surface area contributed by atoms with Crippen LogP contribution in [-0.2, 0) is 6.54 Å². The fourth-order valence-electron chi connectivity index (χ4n) is 2.19.